The smallest absolute Gasteiger partial charge is 0.0486 e. The SMILES string of the molecule is NCc1cc2ccccc2n1Cc1ccc(I)cc1. The standard InChI is InChI=1S/C16H15IN2/c17-14-7-5-12(6-8-14)11-19-15(10-18)9-13-3-1-2-4-16(13)19/h1-9H,10-11,18H2. The lowest BCUT2D eigenvalue weighted by Crippen LogP contribution is -2.08. The Labute approximate surface area is 126 Å². The highest BCUT2D eigenvalue weighted by atomic mass is 127. The first-order valence-electron chi connectivity index (χ1n) is 6.29. The van der Waals surface area contributed by atoms with Gasteiger partial charge in [-0.2, -0.15) is 0 Å². The summed E-state index contributed by atoms with van der Waals surface area (Å²) in [6.45, 7) is 1.44. The lowest BCUT2D eigenvalue weighted by atomic mass is 10.2. The van der Waals surface area contributed by atoms with Crippen molar-refractivity contribution in [2.24, 2.45) is 5.73 Å². The summed E-state index contributed by atoms with van der Waals surface area (Å²) in [4.78, 5) is 0. The maximum absolute atomic E-state index is 5.87. The van der Waals surface area contributed by atoms with Crippen LogP contribution in [0, 0.1) is 3.57 Å². The van der Waals surface area contributed by atoms with Gasteiger partial charge in [-0.3, -0.25) is 0 Å². The minimum Gasteiger partial charge on any atom is -0.339 e. The maximum atomic E-state index is 5.87. The highest BCUT2D eigenvalue weighted by Crippen LogP contribution is 2.21. The fraction of sp³-hybridized carbons (Fsp3) is 0.125. The molecule has 2 aromatic carbocycles. The van der Waals surface area contributed by atoms with Crippen molar-refractivity contribution in [3.8, 4) is 0 Å². The molecule has 1 aromatic heterocycles. The van der Waals surface area contributed by atoms with Gasteiger partial charge in [0.1, 0.15) is 0 Å². The van der Waals surface area contributed by atoms with Gasteiger partial charge in [0.25, 0.3) is 0 Å². The van der Waals surface area contributed by atoms with Crippen LogP contribution in [-0.2, 0) is 13.1 Å². The third kappa shape index (κ3) is 2.53. The first-order chi connectivity index (χ1) is 9.28. The fourth-order valence-electron chi connectivity index (χ4n) is 2.40. The monoisotopic (exact) mass is 362 g/mol. The summed E-state index contributed by atoms with van der Waals surface area (Å²) in [7, 11) is 0. The molecule has 0 saturated heterocycles. The molecule has 96 valence electrons. The minimum atomic E-state index is 0.569. The molecule has 0 aliphatic heterocycles. The van der Waals surface area contributed by atoms with Crippen LogP contribution in [0.5, 0.6) is 0 Å². The number of rotatable bonds is 3. The van der Waals surface area contributed by atoms with Crippen LogP contribution in [0.2, 0.25) is 0 Å². The topological polar surface area (TPSA) is 30.9 Å². The number of hydrogen-bond donors (Lipinski definition) is 1. The second-order valence-corrected chi connectivity index (χ2v) is 5.86. The largest absolute Gasteiger partial charge is 0.339 e. The zero-order valence-electron chi connectivity index (χ0n) is 10.5. The molecule has 0 unspecified atom stereocenters. The molecular weight excluding hydrogens is 347 g/mol. The Morgan fingerprint density at radius 2 is 1.74 bits per heavy atom. The molecule has 0 atom stereocenters. The van der Waals surface area contributed by atoms with E-state index in [4.69, 9.17) is 5.73 Å². The van der Waals surface area contributed by atoms with E-state index in [9.17, 15) is 0 Å². The number of hydrogen-bond acceptors (Lipinski definition) is 1. The third-order valence-electron chi connectivity index (χ3n) is 3.36. The molecule has 3 rings (SSSR count). The summed E-state index contributed by atoms with van der Waals surface area (Å²) in [5.41, 5.74) is 9.60. The van der Waals surface area contributed by atoms with Crippen molar-refractivity contribution in [1.82, 2.24) is 4.57 Å². The van der Waals surface area contributed by atoms with E-state index in [1.165, 1.54) is 25.7 Å². The molecule has 0 fully saturated rings. The summed E-state index contributed by atoms with van der Waals surface area (Å²) in [5, 5.41) is 1.26. The molecule has 0 saturated carbocycles. The fourth-order valence-corrected chi connectivity index (χ4v) is 2.76. The minimum absolute atomic E-state index is 0.569. The van der Waals surface area contributed by atoms with Gasteiger partial charge < -0.3 is 10.3 Å². The van der Waals surface area contributed by atoms with E-state index in [-0.39, 0.29) is 0 Å². The van der Waals surface area contributed by atoms with E-state index in [1.807, 2.05) is 0 Å². The van der Waals surface area contributed by atoms with E-state index in [2.05, 4.69) is 81.8 Å². The quantitative estimate of drug-likeness (QED) is 0.707. The van der Waals surface area contributed by atoms with Crippen molar-refractivity contribution >= 4 is 33.5 Å². The zero-order chi connectivity index (χ0) is 13.2. The Morgan fingerprint density at radius 3 is 2.47 bits per heavy atom. The number of fused-ring (bicyclic) bond motifs is 1. The lowest BCUT2D eigenvalue weighted by molar-refractivity contribution is 0.768. The molecule has 0 aliphatic carbocycles. The number of halogens is 1. The first kappa shape index (κ1) is 12.7. The average molecular weight is 362 g/mol. The Balaban J connectivity index is 2.06. The second kappa shape index (κ2) is 5.35. The van der Waals surface area contributed by atoms with Gasteiger partial charge >= 0.3 is 0 Å². The number of aromatic nitrogens is 1. The number of para-hydroxylation sites is 1. The average Bonchev–Trinajstić information content (AvgIpc) is 2.79. The van der Waals surface area contributed by atoms with Crippen LogP contribution in [0.1, 0.15) is 11.3 Å². The summed E-state index contributed by atoms with van der Waals surface area (Å²) in [6.07, 6.45) is 0. The zero-order valence-corrected chi connectivity index (χ0v) is 12.7. The molecule has 0 amide bonds. The molecule has 0 aliphatic rings. The predicted molar refractivity (Wildman–Crippen MR) is 88.1 cm³/mol. The van der Waals surface area contributed by atoms with Gasteiger partial charge in [-0.05, 0) is 57.8 Å². The van der Waals surface area contributed by atoms with Crippen LogP contribution in [-0.4, -0.2) is 4.57 Å². The van der Waals surface area contributed by atoms with Crippen molar-refractivity contribution < 1.29 is 0 Å². The van der Waals surface area contributed by atoms with Crippen LogP contribution in [0.3, 0.4) is 0 Å². The molecule has 0 radical (unpaired) electrons. The first-order valence-corrected chi connectivity index (χ1v) is 7.37. The molecule has 0 spiro atoms. The van der Waals surface area contributed by atoms with Gasteiger partial charge in [0, 0.05) is 27.9 Å². The molecule has 1 heterocycles. The van der Waals surface area contributed by atoms with Crippen molar-refractivity contribution in [2.75, 3.05) is 0 Å². The van der Waals surface area contributed by atoms with Crippen molar-refractivity contribution in [3.63, 3.8) is 0 Å². The Kier molecular flexibility index (Phi) is 3.57. The van der Waals surface area contributed by atoms with E-state index in [0.717, 1.165) is 6.54 Å². The van der Waals surface area contributed by atoms with Crippen LogP contribution in [0.25, 0.3) is 10.9 Å². The second-order valence-electron chi connectivity index (χ2n) is 4.61. The summed E-state index contributed by atoms with van der Waals surface area (Å²) in [5.74, 6) is 0. The Hall–Kier alpha value is -1.33. The molecule has 0 bridgehead atoms. The highest BCUT2D eigenvalue weighted by molar-refractivity contribution is 14.1. The van der Waals surface area contributed by atoms with Gasteiger partial charge in [0.05, 0.1) is 0 Å². The van der Waals surface area contributed by atoms with Crippen LogP contribution in [0.15, 0.2) is 54.6 Å². The maximum Gasteiger partial charge on any atom is 0.0486 e. The van der Waals surface area contributed by atoms with E-state index < -0.39 is 0 Å². The van der Waals surface area contributed by atoms with Crippen LogP contribution >= 0.6 is 22.6 Å². The third-order valence-corrected chi connectivity index (χ3v) is 4.08. The molecule has 2 nitrogen and oxygen atoms in total. The highest BCUT2D eigenvalue weighted by Gasteiger charge is 2.07. The van der Waals surface area contributed by atoms with Crippen molar-refractivity contribution in [3.05, 3.63) is 69.4 Å². The van der Waals surface area contributed by atoms with Gasteiger partial charge in [-0.1, -0.05) is 30.3 Å². The van der Waals surface area contributed by atoms with Crippen LogP contribution < -0.4 is 5.73 Å². The van der Waals surface area contributed by atoms with E-state index in [0.29, 0.717) is 6.54 Å². The van der Waals surface area contributed by atoms with E-state index in [1.54, 1.807) is 0 Å². The number of nitrogens with two attached hydrogens (primary N) is 1. The van der Waals surface area contributed by atoms with Crippen molar-refractivity contribution in [1.29, 1.82) is 0 Å². The number of nitrogens with zero attached hydrogens (tertiary/aromatic N) is 1. The molecule has 3 aromatic rings. The van der Waals surface area contributed by atoms with Gasteiger partial charge in [-0.25, -0.2) is 0 Å². The van der Waals surface area contributed by atoms with Gasteiger partial charge in [0.2, 0.25) is 0 Å². The lowest BCUT2D eigenvalue weighted by Gasteiger charge is -2.10. The summed E-state index contributed by atoms with van der Waals surface area (Å²) < 4.78 is 3.56. The van der Waals surface area contributed by atoms with Crippen molar-refractivity contribution in [2.45, 2.75) is 13.1 Å². The molecule has 2 N–H and O–H groups in total. The Morgan fingerprint density at radius 1 is 1.00 bits per heavy atom. The summed E-state index contributed by atoms with van der Waals surface area (Å²) >= 11 is 2.33. The molecule has 3 heteroatoms. The number of benzene rings is 2. The molecular formula is C16H15IN2. The van der Waals surface area contributed by atoms with Gasteiger partial charge in [-0.15, -0.1) is 0 Å². The normalized spacial score (nSPS) is 11.1. The predicted octanol–water partition coefficient (Wildman–Crippen LogP) is 3.75. The van der Waals surface area contributed by atoms with Gasteiger partial charge in [0.15, 0.2) is 0 Å². The van der Waals surface area contributed by atoms with E-state index >= 15 is 0 Å². The molecule has 19 heavy (non-hydrogen) atoms. The Bertz CT molecular complexity index is 698. The van der Waals surface area contributed by atoms with Crippen LogP contribution in [0.4, 0.5) is 0 Å². The summed E-state index contributed by atoms with van der Waals surface area (Å²) in [6, 6.07) is 19.3.